The van der Waals surface area contributed by atoms with Crippen LogP contribution in [0.15, 0.2) is 64.3 Å². The largest absolute Gasteiger partial charge is 0.348 e. The van der Waals surface area contributed by atoms with Crippen LogP contribution in [-0.2, 0) is 29.5 Å². The Balaban J connectivity index is 1.92. The van der Waals surface area contributed by atoms with Gasteiger partial charge in [-0.15, -0.1) is 0 Å². The maximum atomic E-state index is 13.1. The van der Waals surface area contributed by atoms with E-state index in [9.17, 15) is 22.8 Å². The third-order valence-corrected chi connectivity index (χ3v) is 5.87. The Bertz CT molecular complexity index is 1340. The normalized spacial score (nSPS) is 11.0. The second-order valence-electron chi connectivity index (χ2n) is 7.48. The highest BCUT2D eigenvalue weighted by atomic mass is 35.5. The minimum absolute atomic E-state index is 0.0513. The molecule has 3 aromatic rings. The first-order valence-corrected chi connectivity index (χ1v) is 12.1. The van der Waals surface area contributed by atoms with Crippen LogP contribution in [0, 0.1) is 0 Å². The van der Waals surface area contributed by atoms with Crippen LogP contribution < -0.4 is 16.6 Å². The van der Waals surface area contributed by atoms with E-state index in [2.05, 4.69) is 5.32 Å². The Hall–Kier alpha value is -3.17. The number of nitrogens with one attached hydrogen (secondary N) is 1. The van der Waals surface area contributed by atoms with Crippen LogP contribution in [0.1, 0.15) is 41.3 Å². The standard InChI is InChI=1S/C23H24ClN3O5S/c1-2-3-11-26-14-20(22(29)27(23(26)30)19-6-4-5-18(24)12-19)21(28)25-13-16-7-9-17(10-8-16)15-33(31)32/h4-10,12,14,33H,2-3,11,13,15H2,1H3,(H,25,28). The van der Waals surface area contributed by atoms with Crippen molar-refractivity contribution in [3.8, 4) is 5.69 Å². The predicted molar refractivity (Wildman–Crippen MR) is 128 cm³/mol. The highest BCUT2D eigenvalue weighted by molar-refractivity contribution is 7.71. The third-order valence-electron chi connectivity index (χ3n) is 5.01. The summed E-state index contributed by atoms with van der Waals surface area (Å²) in [4.78, 5) is 39.0. The Morgan fingerprint density at radius 1 is 1.06 bits per heavy atom. The molecule has 3 rings (SSSR count). The van der Waals surface area contributed by atoms with Crippen LogP contribution in [-0.4, -0.2) is 23.5 Å². The lowest BCUT2D eigenvalue weighted by molar-refractivity contribution is 0.0948. The first-order valence-electron chi connectivity index (χ1n) is 10.4. The molecule has 1 aromatic heterocycles. The van der Waals surface area contributed by atoms with Crippen molar-refractivity contribution in [2.24, 2.45) is 0 Å². The van der Waals surface area contributed by atoms with Gasteiger partial charge in [0, 0.05) is 24.3 Å². The summed E-state index contributed by atoms with van der Waals surface area (Å²) in [5.41, 5.74) is 0.230. The van der Waals surface area contributed by atoms with Crippen LogP contribution in [0.2, 0.25) is 5.02 Å². The third kappa shape index (κ3) is 6.21. The molecular weight excluding hydrogens is 466 g/mol. The lowest BCUT2D eigenvalue weighted by Gasteiger charge is -2.13. The number of aryl methyl sites for hydroxylation is 1. The van der Waals surface area contributed by atoms with E-state index in [0.717, 1.165) is 16.6 Å². The van der Waals surface area contributed by atoms with Gasteiger partial charge in [0.05, 0.1) is 11.4 Å². The number of rotatable bonds is 9. The Labute approximate surface area is 197 Å². The molecule has 0 aliphatic heterocycles. The van der Waals surface area contributed by atoms with Crippen molar-refractivity contribution in [2.75, 3.05) is 0 Å². The average Bonchev–Trinajstić information content (AvgIpc) is 2.78. The first kappa shape index (κ1) is 24.5. The van der Waals surface area contributed by atoms with Gasteiger partial charge in [0.25, 0.3) is 11.5 Å². The van der Waals surface area contributed by atoms with Gasteiger partial charge in [-0.3, -0.25) is 14.2 Å². The van der Waals surface area contributed by atoms with Crippen LogP contribution in [0.5, 0.6) is 0 Å². The number of carbonyl (C=O) groups is 1. The summed E-state index contributed by atoms with van der Waals surface area (Å²) in [6, 6.07) is 13.1. The fourth-order valence-electron chi connectivity index (χ4n) is 3.28. The van der Waals surface area contributed by atoms with E-state index in [4.69, 9.17) is 11.6 Å². The van der Waals surface area contributed by atoms with Crippen LogP contribution in [0.3, 0.4) is 0 Å². The van der Waals surface area contributed by atoms with Gasteiger partial charge >= 0.3 is 5.69 Å². The molecule has 0 spiro atoms. The molecule has 0 radical (unpaired) electrons. The number of aromatic nitrogens is 2. The van der Waals surface area contributed by atoms with E-state index in [1.54, 1.807) is 42.5 Å². The van der Waals surface area contributed by atoms with E-state index < -0.39 is 27.9 Å². The summed E-state index contributed by atoms with van der Waals surface area (Å²) >= 11 is 6.04. The second kappa shape index (κ2) is 11.1. The molecule has 8 nitrogen and oxygen atoms in total. The van der Waals surface area contributed by atoms with Crippen molar-refractivity contribution < 1.29 is 13.2 Å². The van der Waals surface area contributed by atoms with Gasteiger partial charge in [0.1, 0.15) is 16.3 Å². The Morgan fingerprint density at radius 2 is 1.76 bits per heavy atom. The quantitative estimate of drug-likeness (QED) is 0.449. The minimum atomic E-state index is -2.52. The molecule has 0 saturated carbocycles. The molecule has 0 saturated heterocycles. The molecule has 0 atom stereocenters. The van der Waals surface area contributed by atoms with Gasteiger partial charge in [-0.1, -0.05) is 55.3 Å². The molecular formula is C23H24ClN3O5S. The highest BCUT2D eigenvalue weighted by Crippen LogP contribution is 2.12. The monoisotopic (exact) mass is 489 g/mol. The summed E-state index contributed by atoms with van der Waals surface area (Å²) < 4.78 is 24.0. The van der Waals surface area contributed by atoms with Crippen molar-refractivity contribution in [1.82, 2.24) is 14.5 Å². The molecule has 33 heavy (non-hydrogen) atoms. The number of benzene rings is 2. The van der Waals surface area contributed by atoms with E-state index >= 15 is 0 Å². The fraction of sp³-hybridized carbons (Fsp3) is 0.261. The van der Waals surface area contributed by atoms with Gasteiger partial charge < -0.3 is 5.32 Å². The van der Waals surface area contributed by atoms with Gasteiger partial charge in [0.2, 0.25) is 0 Å². The number of halogens is 1. The summed E-state index contributed by atoms with van der Waals surface area (Å²) in [5.74, 6) is -0.669. The van der Waals surface area contributed by atoms with Gasteiger partial charge in [0.15, 0.2) is 0 Å². The number of amides is 1. The summed E-state index contributed by atoms with van der Waals surface area (Å²) in [6.07, 6.45) is 2.83. The van der Waals surface area contributed by atoms with Crippen molar-refractivity contribution >= 4 is 28.2 Å². The van der Waals surface area contributed by atoms with Crippen molar-refractivity contribution in [3.63, 3.8) is 0 Å². The van der Waals surface area contributed by atoms with Crippen molar-refractivity contribution in [3.05, 3.63) is 97.3 Å². The van der Waals surface area contributed by atoms with Crippen LogP contribution in [0.25, 0.3) is 5.69 Å². The van der Waals surface area contributed by atoms with Gasteiger partial charge in [-0.05, 0) is 35.7 Å². The molecule has 0 aliphatic carbocycles. The summed E-state index contributed by atoms with van der Waals surface area (Å²) in [7, 11) is -2.52. The molecule has 1 N–H and O–H groups in total. The molecule has 1 heterocycles. The molecule has 10 heteroatoms. The number of thiol groups is 1. The van der Waals surface area contributed by atoms with E-state index in [-0.39, 0.29) is 23.5 Å². The topological polar surface area (TPSA) is 107 Å². The predicted octanol–water partition coefficient (Wildman–Crippen LogP) is 2.49. The smallest absolute Gasteiger partial charge is 0.335 e. The fourth-order valence-corrected chi connectivity index (χ4v) is 3.97. The SMILES string of the molecule is CCCCn1cc(C(=O)NCc2ccc(C[SH](=O)=O)cc2)c(=O)n(-c2cccc(Cl)c2)c1=O. The molecule has 0 bridgehead atoms. The Morgan fingerprint density at radius 3 is 2.39 bits per heavy atom. The molecule has 0 unspecified atom stereocenters. The maximum Gasteiger partial charge on any atom is 0.335 e. The zero-order valence-electron chi connectivity index (χ0n) is 18.0. The van der Waals surface area contributed by atoms with E-state index in [0.29, 0.717) is 23.6 Å². The van der Waals surface area contributed by atoms with Gasteiger partial charge in [-0.25, -0.2) is 17.8 Å². The molecule has 0 aliphatic rings. The first-order chi connectivity index (χ1) is 15.8. The second-order valence-corrected chi connectivity index (χ2v) is 8.90. The summed E-state index contributed by atoms with van der Waals surface area (Å²) in [6.45, 7) is 2.47. The number of hydrogen-bond acceptors (Lipinski definition) is 5. The number of nitrogens with zero attached hydrogens (tertiary/aromatic N) is 2. The number of carbonyl (C=O) groups excluding carboxylic acids is 1. The number of hydrogen-bond donors (Lipinski definition) is 2. The molecule has 0 fully saturated rings. The molecule has 2 aromatic carbocycles. The van der Waals surface area contributed by atoms with Crippen molar-refractivity contribution in [1.29, 1.82) is 0 Å². The molecule has 174 valence electrons. The summed E-state index contributed by atoms with van der Waals surface area (Å²) in [5, 5.41) is 3.06. The average molecular weight is 490 g/mol. The lowest BCUT2D eigenvalue weighted by atomic mass is 10.1. The highest BCUT2D eigenvalue weighted by Gasteiger charge is 2.18. The number of unbranched alkanes of at least 4 members (excludes halogenated alkanes) is 1. The zero-order valence-corrected chi connectivity index (χ0v) is 19.6. The van der Waals surface area contributed by atoms with Crippen LogP contribution in [0.4, 0.5) is 0 Å². The lowest BCUT2D eigenvalue weighted by Crippen LogP contribution is -2.43. The van der Waals surface area contributed by atoms with E-state index in [1.807, 2.05) is 6.92 Å². The maximum absolute atomic E-state index is 13.1. The van der Waals surface area contributed by atoms with Crippen molar-refractivity contribution in [2.45, 2.75) is 38.6 Å². The zero-order chi connectivity index (χ0) is 24.0. The van der Waals surface area contributed by atoms with Gasteiger partial charge in [-0.2, -0.15) is 0 Å². The molecule has 1 amide bonds. The Kier molecular flexibility index (Phi) is 8.24. The minimum Gasteiger partial charge on any atom is -0.348 e. The van der Waals surface area contributed by atoms with E-state index in [1.165, 1.54) is 16.8 Å². The van der Waals surface area contributed by atoms with Crippen LogP contribution >= 0.6 is 11.6 Å².